The fourth-order valence-corrected chi connectivity index (χ4v) is 4.71. The number of fused-ring (bicyclic) bond motifs is 1. The Bertz CT molecular complexity index is 1120. The fraction of sp³-hybridized carbons (Fsp3) is 0.423. The number of aromatic nitrogens is 1. The number of piperidine rings is 1. The third-order valence-electron chi connectivity index (χ3n) is 6.48. The molecule has 4 rings (SSSR count). The quantitative estimate of drug-likeness (QED) is 0.508. The van der Waals surface area contributed by atoms with Crippen LogP contribution in [-0.4, -0.2) is 60.5 Å². The van der Waals surface area contributed by atoms with Gasteiger partial charge in [0, 0.05) is 31.8 Å². The number of hydrogen-bond acceptors (Lipinski definition) is 4. The third-order valence-corrected chi connectivity index (χ3v) is 6.48. The number of rotatable bonds is 9. The zero-order chi connectivity index (χ0) is 23.4. The van der Waals surface area contributed by atoms with Crippen LogP contribution in [0.15, 0.2) is 42.6 Å². The highest BCUT2D eigenvalue weighted by Crippen LogP contribution is 2.35. The van der Waals surface area contributed by atoms with Gasteiger partial charge >= 0.3 is 5.97 Å². The number of aryl methyl sites for hydroxylation is 1. The molecule has 2 heterocycles. The van der Waals surface area contributed by atoms with Crippen molar-refractivity contribution in [3.8, 4) is 5.75 Å². The zero-order valence-corrected chi connectivity index (χ0v) is 19.2. The standard InChI is InChI=1S/C26H31FN2O4/c1-18-6-7-24(20(16-18)26(30)31)33-15-12-28-10-8-19(9-11-28)21-17-29(13-14-32-2)23-5-3-4-22(27)25(21)23/h3-7,16-17,19H,8-15H2,1-2H3,(H,30,31). The van der Waals surface area contributed by atoms with Crippen molar-refractivity contribution in [3.63, 3.8) is 0 Å². The first-order valence-corrected chi connectivity index (χ1v) is 11.4. The molecule has 0 unspecified atom stereocenters. The van der Waals surface area contributed by atoms with E-state index in [4.69, 9.17) is 9.47 Å². The van der Waals surface area contributed by atoms with Crippen molar-refractivity contribution in [1.82, 2.24) is 9.47 Å². The number of ether oxygens (including phenoxy) is 2. The van der Waals surface area contributed by atoms with Crippen LogP contribution in [0.5, 0.6) is 5.75 Å². The van der Waals surface area contributed by atoms with E-state index in [9.17, 15) is 14.3 Å². The number of carboxylic acids is 1. The predicted molar refractivity (Wildman–Crippen MR) is 126 cm³/mol. The molecule has 1 saturated heterocycles. The lowest BCUT2D eigenvalue weighted by molar-refractivity contribution is 0.0691. The topological polar surface area (TPSA) is 63.9 Å². The summed E-state index contributed by atoms with van der Waals surface area (Å²) in [6, 6.07) is 10.5. The Hall–Kier alpha value is -2.90. The summed E-state index contributed by atoms with van der Waals surface area (Å²) < 4.78 is 27.9. The Labute approximate surface area is 193 Å². The molecule has 0 amide bonds. The molecule has 0 radical (unpaired) electrons. The van der Waals surface area contributed by atoms with Gasteiger partial charge in [0.2, 0.25) is 0 Å². The minimum Gasteiger partial charge on any atom is -0.491 e. The Balaban J connectivity index is 1.37. The van der Waals surface area contributed by atoms with Crippen LogP contribution < -0.4 is 4.74 Å². The van der Waals surface area contributed by atoms with Crippen molar-refractivity contribution in [2.45, 2.75) is 32.2 Å². The van der Waals surface area contributed by atoms with Crippen molar-refractivity contribution < 1.29 is 23.8 Å². The maximum atomic E-state index is 14.7. The van der Waals surface area contributed by atoms with Crippen LogP contribution >= 0.6 is 0 Å². The van der Waals surface area contributed by atoms with Gasteiger partial charge in [0.05, 0.1) is 12.1 Å². The number of aromatic carboxylic acids is 1. The van der Waals surface area contributed by atoms with Crippen LogP contribution in [0.1, 0.15) is 40.2 Å². The van der Waals surface area contributed by atoms with E-state index in [1.54, 1.807) is 25.3 Å². The summed E-state index contributed by atoms with van der Waals surface area (Å²) in [5, 5.41) is 10.1. The highest BCUT2D eigenvalue weighted by molar-refractivity contribution is 5.91. The maximum Gasteiger partial charge on any atom is 0.339 e. The highest BCUT2D eigenvalue weighted by Gasteiger charge is 2.25. The van der Waals surface area contributed by atoms with E-state index < -0.39 is 5.97 Å². The van der Waals surface area contributed by atoms with E-state index in [1.165, 1.54) is 6.07 Å². The number of halogens is 1. The van der Waals surface area contributed by atoms with Crippen molar-refractivity contribution in [1.29, 1.82) is 0 Å². The van der Waals surface area contributed by atoms with E-state index in [2.05, 4.69) is 15.7 Å². The zero-order valence-electron chi connectivity index (χ0n) is 19.2. The first kappa shape index (κ1) is 23.3. The van der Waals surface area contributed by atoms with E-state index in [0.29, 0.717) is 31.4 Å². The van der Waals surface area contributed by atoms with Gasteiger partial charge in [-0.1, -0.05) is 17.7 Å². The normalized spacial score (nSPS) is 15.2. The Kier molecular flexibility index (Phi) is 7.30. The average Bonchev–Trinajstić information content (AvgIpc) is 3.19. The monoisotopic (exact) mass is 454 g/mol. The molecule has 2 aromatic carbocycles. The first-order valence-electron chi connectivity index (χ1n) is 11.4. The summed E-state index contributed by atoms with van der Waals surface area (Å²) in [5.41, 5.74) is 3.09. The molecule has 0 aliphatic carbocycles. The van der Waals surface area contributed by atoms with E-state index in [-0.39, 0.29) is 11.4 Å². The molecule has 6 nitrogen and oxygen atoms in total. The summed E-state index contributed by atoms with van der Waals surface area (Å²) in [6.07, 6.45) is 3.99. The largest absolute Gasteiger partial charge is 0.491 e. The molecule has 176 valence electrons. The molecule has 1 fully saturated rings. The Morgan fingerprint density at radius 1 is 1.15 bits per heavy atom. The van der Waals surface area contributed by atoms with Crippen LogP contribution in [0, 0.1) is 12.7 Å². The summed E-state index contributed by atoms with van der Waals surface area (Å²) in [5.74, 6) is -0.434. The number of hydrogen-bond donors (Lipinski definition) is 1. The number of carbonyl (C=O) groups is 1. The highest BCUT2D eigenvalue weighted by atomic mass is 19.1. The van der Waals surface area contributed by atoms with Crippen LogP contribution in [0.4, 0.5) is 4.39 Å². The second-order valence-electron chi connectivity index (χ2n) is 8.67. The first-order chi connectivity index (χ1) is 16.0. The summed E-state index contributed by atoms with van der Waals surface area (Å²) in [6.45, 7) is 6.09. The van der Waals surface area contributed by atoms with Gasteiger partial charge in [0.25, 0.3) is 0 Å². The minimum atomic E-state index is -0.980. The van der Waals surface area contributed by atoms with Crippen LogP contribution in [-0.2, 0) is 11.3 Å². The van der Waals surface area contributed by atoms with Crippen molar-refractivity contribution >= 4 is 16.9 Å². The van der Waals surface area contributed by atoms with Crippen LogP contribution in [0.3, 0.4) is 0 Å². The third kappa shape index (κ3) is 5.20. The lowest BCUT2D eigenvalue weighted by Crippen LogP contribution is -2.36. The van der Waals surface area contributed by atoms with E-state index in [1.807, 2.05) is 19.1 Å². The molecule has 0 saturated carbocycles. The minimum absolute atomic E-state index is 0.165. The van der Waals surface area contributed by atoms with Gasteiger partial charge in [-0.2, -0.15) is 0 Å². The lowest BCUT2D eigenvalue weighted by atomic mass is 9.89. The van der Waals surface area contributed by atoms with Crippen LogP contribution in [0.25, 0.3) is 10.9 Å². The number of nitrogens with zero attached hydrogens (tertiary/aromatic N) is 2. The summed E-state index contributed by atoms with van der Waals surface area (Å²) >= 11 is 0. The second kappa shape index (κ2) is 10.4. The van der Waals surface area contributed by atoms with Crippen molar-refractivity contribution in [2.24, 2.45) is 0 Å². The number of benzene rings is 2. The van der Waals surface area contributed by atoms with Gasteiger partial charge in [0.1, 0.15) is 23.7 Å². The van der Waals surface area contributed by atoms with E-state index >= 15 is 0 Å². The summed E-state index contributed by atoms with van der Waals surface area (Å²) in [7, 11) is 1.67. The Morgan fingerprint density at radius 2 is 1.94 bits per heavy atom. The van der Waals surface area contributed by atoms with Gasteiger partial charge < -0.3 is 19.1 Å². The molecule has 3 aromatic rings. The molecule has 1 aliphatic heterocycles. The molecule has 0 bridgehead atoms. The van der Waals surface area contributed by atoms with Crippen molar-refractivity contribution in [3.05, 3.63) is 65.1 Å². The number of methoxy groups -OCH3 is 1. The lowest BCUT2D eigenvalue weighted by Gasteiger charge is -2.31. The number of carboxylic acid groups (broad SMARTS) is 1. The smallest absolute Gasteiger partial charge is 0.339 e. The van der Waals surface area contributed by atoms with Crippen LogP contribution in [0.2, 0.25) is 0 Å². The molecule has 1 aliphatic rings. The molecule has 1 aromatic heterocycles. The Morgan fingerprint density at radius 3 is 2.67 bits per heavy atom. The SMILES string of the molecule is COCCn1cc(C2CCN(CCOc3ccc(C)cc3C(=O)O)CC2)c2c(F)cccc21. The van der Waals surface area contributed by atoms with Gasteiger partial charge in [-0.3, -0.25) is 4.90 Å². The molecule has 0 spiro atoms. The van der Waals surface area contributed by atoms with Gasteiger partial charge in [0.15, 0.2) is 0 Å². The molecule has 7 heteroatoms. The molecule has 1 N–H and O–H groups in total. The maximum absolute atomic E-state index is 14.7. The average molecular weight is 455 g/mol. The second-order valence-corrected chi connectivity index (χ2v) is 8.67. The summed E-state index contributed by atoms with van der Waals surface area (Å²) in [4.78, 5) is 13.8. The van der Waals surface area contributed by atoms with Crippen molar-refractivity contribution in [2.75, 3.05) is 40.0 Å². The molecule has 33 heavy (non-hydrogen) atoms. The van der Waals surface area contributed by atoms with E-state index in [0.717, 1.165) is 54.5 Å². The van der Waals surface area contributed by atoms with Gasteiger partial charge in [-0.25, -0.2) is 9.18 Å². The molecular formula is C26H31FN2O4. The number of likely N-dealkylation sites (tertiary alicyclic amines) is 1. The predicted octanol–water partition coefficient (Wildman–Crippen LogP) is 4.69. The molecule has 0 atom stereocenters. The van der Waals surface area contributed by atoms with Gasteiger partial charge in [-0.05, 0) is 68.6 Å². The molecular weight excluding hydrogens is 423 g/mol. The van der Waals surface area contributed by atoms with Gasteiger partial charge in [-0.15, -0.1) is 0 Å². The fourth-order valence-electron chi connectivity index (χ4n) is 4.71.